The summed E-state index contributed by atoms with van der Waals surface area (Å²) >= 11 is 0. The maximum atomic E-state index is 13.2. The molecule has 25 heavy (non-hydrogen) atoms. The second kappa shape index (κ2) is 6.05. The average Bonchev–Trinajstić information content (AvgIpc) is 3.05. The number of halogens is 1. The van der Waals surface area contributed by atoms with Gasteiger partial charge in [-0.2, -0.15) is 0 Å². The summed E-state index contributed by atoms with van der Waals surface area (Å²) in [6, 6.07) is 13.7. The van der Waals surface area contributed by atoms with Gasteiger partial charge in [0.15, 0.2) is 0 Å². The van der Waals surface area contributed by atoms with Crippen LogP contribution >= 0.6 is 0 Å². The minimum Gasteiger partial charge on any atom is -0.497 e. The number of benzene rings is 2. The van der Waals surface area contributed by atoms with Gasteiger partial charge in [0.1, 0.15) is 23.7 Å². The van der Waals surface area contributed by atoms with Crippen LogP contribution in [0.1, 0.15) is 23.6 Å². The molecule has 126 valence electrons. The van der Waals surface area contributed by atoms with Gasteiger partial charge in [-0.3, -0.25) is 9.36 Å². The Morgan fingerprint density at radius 3 is 2.80 bits per heavy atom. The number of hydrogen-bond donors (Lipinski definition) is 1. The first-order chi connectivity index (χ1) is 12.2. The molecular weight excluding hydrogens is 321 g/mol. The third kappa shape index (κ3) is 2.76. The third-order valence-electron chi connectivity index (χ3n) is 4.38. The summed E-state index contributed by atoms with van der Waals surface area (Å²) in [6.45, 7) is 0. The maximum absolute atomic E-state index is 13.2. The largest absolute Gasteiger partial charge is 0.497 e. The molecule has 2 aromatic carbocycles. The molecule has 1 aliphatic heterocycles. The van der Waals surface area contributed by atoms with Crippen molar-refractivity contribution in [1.29, 1.82) is 0 Å². The van der Waals surface area contributed by atoms with Crippen LogP contribution in [0.25, 0.3) is 5.69 Å². The fraction of sp³-hybridized carbons (Fsp3) is 0.158. The Labute approximate surface area is 144 Å². The molecule has 0 unspecified atom stereocenters. The van der Waals surface area contributed by atoms with E-state index < -0.39 is 0 Å². The normalized spacial score (nSPS) is 16.2. The summed E-state index contributed by atoms with van der Waals surface area (Å²) in [4.78, 5) is 16.7. The molecule has 0 saturated heterocycles. The van der Waals surface area contributed by atoms with Crippen molar-refractivity contribution in [2.24, 2.45) is 0 Å². The lowest BCUT2D eigenvalue weighted by Crippen LogP contribution is -2.24. The molecule has 0 aliphatic carbocycles. The molecule has 4 rings (SSSR count). The van der Waals surface area contributed by atoms with Gasteiger partial charge < -0.3 is 10.1 Å². The van der Waals surface area contributed by atoms with Crippen LogP contribution in [-0.2, 0) is 4.79 Å². The molecule has 1 atom stereocenters. The number of nitrogens with one attached hydrogen (secondary N) is 1. The lowest BCUT2D eigenvalue weighted by Gasteiger charge is -2.23. The first-order valence-electron chi connectivity index (χ1n) is 7.92. The Bertz CT molecular complexity index is 934. The second-order valence-corrected chi connectivity index (χ2v) is 5.91. The van der Waals surface area contributed by atoms with Crippen molar-refractivity contribution >= 4 is 11.7 Å². The number of anilines is 1. The Balaban J connectivity index is 1.79. The van der Waals surface area contributed by atoms with Crippen molar-refractivity contribution in [3.05, 3.63) is 71.9 Å². The number of aromatic nitrogens is 2. The Kier molecular flexibility index (Phi) is 3.72. The van der Waals surface area contributed by atoms with E-state index in [1.54, 1.807) is 25.6 Å². The second-order valence-electron chi connectivity index (χ2n) is 5.91. The van der Waals surface area contributed by atoms with E-state index in [1.165, 1.54) is 12.1 Å². The van der Waals surface area contributed by atoms with Crippen molar-refractivity contribution in [3.63, 3.8) is 0 Å². The highest BCUT2D eigenvalue weighted by molar-refractivity contribution is 5.94. The van der Waals surface area contributed by atoms with Crippen LogP contribution in [0.3, 0.4) is 0 Å². The number of imidazole rings is 1. The molecule has 0 radical (unpaired) electrons. The molecule has 2 heterocycles. The molecule has 1 aliphatic rings. The van der Waals surface area contributed by atoms with Crippen molar-refractivity contribution < 1.29 is 13.9 Å². The summed E-state index contributed by atoms with van der Waals surface area (Å²) < 4.78 is 20.3. The van der Waals surface area contributed by atoms with Gasteiger partial charge in [-0.05, 0) is 29.8 Å². The summed E-state index contributed by atoms with van der Waals surface area (Å²) in [5, 5.41) is 2.90. The van der Waals surface area contributed by atoms with Crippen molar-refractivity contribution in [3.8, 4) is 11.4 Å². The Morgan fingerprint density at radius 1 is 1.24 bits per heavy atom. The van der Waals surface area contributed by atoms with Crippen LogP contribution in [-0.4, -0.2) is 22.6 Å². The number of methoxy groups -OCH3 is 1. The van der Waals surface area contributed by atoms with Gasteiger partial charge in [0.2, 0.25) is 5.91 Å². The van der Waals surface area contributed by atoms with Gasteiger partial charge in [-0.15, -0.1) is 0 Å². The highest BCUT2D eigenvalue weighted by Crippen LogP contribution is 2.37. The smallest absolute Gasteiger partial charge is 0.226 e. The number of fused-ring (bicyclic) bond motifs is 1. The summed E-state index contributed by atoms with van der Waals surface area (Å²) in [5.41, 5.74) is 2.48. The highest BCUT2D eigenvalue weighted by atomic mass is 19.1. The van der Waals surface area contributed by atoms with Gasteiger partial charge in [-0.25, -0.2) is 9.37 Å². The minimum absolute atomic E-state index is 0.0912. The molecule has 0 saturated carbocycles. The van der Waals surface area contributed by atoms with Crippen LogP contribution in [0.5, 0.6) is 5.75 Å². The molecular formula is C19H16FN3O2. The molecule has 1 aromatic heterocycles. The standard InChI is InChI=1S/C19H16FN3O2/c1-25-15-4-2-3-14(9-15)23-11-21-18-16(10-17(24)22-19(18)23)12-5-7-13(20)8-6-12/h2-9,11,16H,10H2,1H3,(H,22,24)/t16-/m0/s1. The fourth-order valence-corrected chi connectivity index (χ4v) is 3.13. The lowest BCUT2D eigenvalue weighted by molar-refractivity contribution is -0.116. The number of hydrogen-bond acceptors (Lipinski definition) is 3. The molecule has 5 nitrogen and oxygen atoms in total. The van der Waals surface area contributed by atoms with Gasteiger partial charge in [0, 0.05) is 18.4 Å². The lowest BCUT2D eigenvalue weighted by atomic mass is 9.90. The van der Waals surface area contributed by atoms with E-state index in [0.29, 0.717) is 5.82 Å². The van der Waals surface area contributed by atoms with Crippen molar-refractivity contribution in [2.45, 2.75) is 12.3 Å². The van der Waals surface area contributed by atoms with E-state index in [4.69, 9.17) is 4.74 Å². The van der Waals surface area contributed by atoms with E-state index in [0.717, 1.165) is 22.7 Å². The quantitative estimate of drug-likeness (QED) is 0.796. The molecule has 1 N–H and O–H groups in total. The SMILES string of the molecule is COc1cccc(-n2cnc3c2NC(=O)C[C@H]3c2ccc(F)cc2)c1. The molecule has 3 aromatic rings. The van der Waals surface area contributed by atoms with Crippen LogP contribution in [0.15, 0.2) is 54.9 Å². The Hall–Kier alpha value is -3.15. The van der Waals surface area contributed by atoms with E-state index in [-0.39, 0.29) is 24.1 Å². The monoisotopic (exact) mass is 337 g/mol. The van der Waals surface area contributed by atoms with E-state index in [1.807, 2.05) is 28.8 Å². The molecule has 0 spiro atoms. The first kappa shape index (κ1) is 15.4. The molecule has 0 fully saturated rings. The number of carbonyl (C=O) groups is 1. The average molecular weight is 337 g/mol. The highest BCUT2D eigenvalue weighted by Gasteiger charge is 2.31. The van der Waals surface area contributed by atoms with Crippen molar-refractivity contribution in [2.75, 3.05) is 12.4 Å². The topological polar surface area (TPSA) is 56.1 Å². The number of ether oxygens (including phenoxy) is 1. The molecule has 1 amide bonds. The fourth-order valence-electron chi connectivity index (χ4n) is 3.13. The number of nitrogens with zero attached hydrogens (tertiary/aromatic N) is 2. The van der Waals surface area contributed by atoms with Gasteiger partial charge in [-0.1, -0.05) is 18.2 Å². The summed E-state index contributed by atoms with van der Waals surface area (Å²) in [5.74, 6) is 0.768. The first-order valence-corrected chi connectivity index (χ1v) is 7.92. The van der Waals surface area contributed by atoms with Crippen LogP contribution < -0.4 is 10.1 Å². The third-order valence-corrected chi connectivity index (χ3v) is 4.38. The zero-order valence-electron chi connectivity index (χ0n) is 13.6. The van der Waals surface area contributed by atoms with Gasteiger partial charge in [0.05, 0.1) is 18.5 Å². The maximum Gasteiger partial charge on any atom is 0.226 e. The number of carbonyl (C=O) groups excluding carboxylic acids is 1. The van der Waals surface area contributed by atoms with Gasteiger partial charge >= 0.3 is 0 Å². The zero-order chi connectivity index (χ0) is 17.4. The predicted octanol–water partition coefficient (Wildman–Crippen LogP) is 3.49. The summed E-state index contributed by atoms with van der Waals surface area (Å²) in [7, 11) is 1.61. The van der Waals surface area contributed by atoms with Crippen LogP contribution in [0.4, 0.5) is 10.2 Å². The Morgan fingerprint density at radius 2 is 2.04 bits per heavy atom. The minimum atomic E-state index is -0.300. The molecule has 0 bridgehead atoms. The van der Waals surface area contributed by atoms with E-state index >= 15 is 0 Å². The predicted molar refractivity (Wildman–Crippen MR) is 91.6 cm³/mol. The number of rotatable bonds is 3. The van der Waals surface area contributed by atoms with Gasteiger partial charge in [0.25, 0.3) is 0 Å². The summed E-state index contributed by atoms with van der Waals surface area (Å²) in [6.07, 6.45) is 1.97. The van der Waals surface area contributed by atoms with E-state index in [2.05, 4.69) is 10.3 Å². The van der Waals surface area contributed by atoms with Crippen molar-refractivity contribution in [1.82, 2.24) is 9.55 Å². The van der Waals surface area contributed by atoms with Crippen LogP contribution in [0.2, 0.25) is 0 Å². The zero-order valence-corrected chi connectivity index (χ0v) is 13.6. The van der Waals surface area contributed by atoms with Crippen LogP contribution in [0, 0.1) is 5.82 Å². The number of amides is 1. The van der Waals surface area contributed by atoms with E-state index in [9.17, 15) is 9.18 Å². The molecule has 6 heteroatoms.